The molecule has 1 atom stereocenters. The maximum Gasteiger partial charge on any atom is 0.261 e. The van der Waals surface area contributed by atoms with Gasteiger partial charge in [-0.3, -0.25) is 9.59 Å². The molecule has 0 saturated heterocycles. The highest BCUT2D eigenvalue weighted by Gasteiger charge is 2.26. The molecule has 0 heterocycles. The fraction of sp³-hybridized carbons (Fsp3) is 0.364. The average molecular weight is 561 g/mol. The summed E-state index contributed by atoms with van der Waals surface area (Å²) >= 11 is 12.7. The van der Waals surface area contributed by atoms with Gasteiger partial charge in [0.15, 0.2) is 6.61 Å². The molecule has 1 N–H and O–H groups in total. The summed E-state index contributed by atoms with van der Waals surface area (Å²) in [7, 11) is 0. The first-order valence-electron chi connectivity index (χ1n) is 9.71. The van der Waals surface area contributed by atoms with E-state index in [2.05, 4.69) is 44.1 Å². The second-order valence-corrected chi connectivity index (χ2v) is 9.04. The van der Waals surface area contributed by atoms with Crippen LogP contribution in [-0.4, -0.2) is 35.9 Å². The molecular weight excluding hydrogens is 536 g/mol. The number of unbranched alkanes of at least 4 members (excludes halogenated alkanes) is 1. The minimum Gasteiger partial charge on any atom is -0.483 e. The number of benzene rings is 2. The molecule has 0 unspecified atom stereocenters. The standard InChI is InChI=1S/C22H25Br2ClN2O3/c1-3-4-11-26-22(29)15(2)27(13-16-5-7-17(23)8-6-16)21(28)14-30-20-10-9-18(25)12-19(20)24/h5-10,12,15H,3-4,11,13-14H2,1-2H3,(H,26,29)/t15-/m1/s1. The number of carbonyl (C=O) groups excluding carboxylic acids is 2. The van der Waals surface area contributed by atoms with Crippen LogP contribution in [0, 0.1) is 0 Å². The highest BCUT2D eigenvalue weighted by atomic mass is 79.9. The quantitative estimate of drug-likeness (QED) is 0.386. The number of hydrogen-bond donors (Lipinski definition) is 1. The van der Waals surface area contributed by atoms with E-state index in [-0.39, 0.29) is 18.4 Å². The lowest BCUT2D eigenvalue weighted by Gasteiger charge is -2.29. The Balaban J connectivity index is 2.12. The summed E-state index contributed by atoms with van der Waals surface area (Å²) in [5.41, 5.74) is 0.924. The zero-order valence-corrected chi connectivity index (χ0v) is 20.9. The highest BCUT2D eigenvalue weighted by molar-refractivity contribution is 9.10. The summed E-state index contributed by atoms with van der Waals surface area (Å²) in [6, 6.07) is 12.1. The van der Waals surface area contributed by atoms with Gasteiger partial charge in [-0.2, -0.15) is 0 Å². The largest absolute Gasteiger partial charge is 0.483 e. The van der Waals surface area contributed by atoms with Crippen LogP contribution >= 0.6 is 43.5 Å². The van der Waals surface area contributed by atoms with Crippen LogP contribution in [0.4, 0.5) is 0 Å². The normalized spacial score (nSPS) is 11.6. The lowest BCUT2D eigenvalue weighted by Crippen LogP contribution is -2.49. The number of ether oxygens (including phenoxy) is 1. The number of carbonyl (C=O) groups is 2. The maximum absolute atomic E-state index is 13.0. The van der Waals surface area contributed by atoms with Crippen LogP contribution in [0.25, 0.3) is 0 Å². The Bertz CT molecular complexity index is 862. The number of nitrogens with one attached hydrogen (secondary N) is 1. The van der Waals surface area contributed by atoms with Gasteiger partial charge in [0.1, 0.15) is 11.8 Å². The molecule has 0 aliphatic rings. The summed E-state index contributed by atoms with van der Waals surface area (Å²) in [5, 5.41) is 3.46. The van der Waals surface area contributed by atoms with Crippen molar-refractivity contribution in [3.05, 3.63) is 62.0 Å². The van der Waals surface area contributed by atoms with Crippen molar-refractivity contribution in [2.45, 2.75) is 39.3 Å². The second kappa shape index (κ2) is 12.3. The molecular formula is C22H25Br2ClN2O3. The summed E-state index contributed by atoms with van der Waals surface area (Å²) in [6.45, 7) is 4.50. The van der Waals surface area contributed by atoms with Crippen LogP contribution in [0.15, 0.2) is 51.4 Å². The molecule has 0 radical (unpaired) electrons. The van der Waals surface area contributed by atoms with Crippen LogP contribution in [0.2, 0.25) is 5.02 Å². The summed E-state index contributed by atoms with van der Waals surface area (Å²) in [5.74, 6) is 0.0517. The molecule has 162 valence electrons. The van der Waals surface area contributed by atoms with Gasteiger partial charge in [-0.15, -0.1) is 0 Å². The molecule has 5 nitrogen and oxygen atoms in total. The van der Waals surface area contributed by atoms with E-state index in [1.807, 2.05) is 24.3 Å². The molecule has 2 amide bonds. The van der Waals surface area contributed by atoms with Gasteiger partial charge >= 0.3 is 0 Å². The number of hydrogen-bond acceptors (Lipinski definition) is 3. The third kappa shape index (κ3) is 7.60. The molecule has 0 bridgehead atoms. The van der Waals surface area contributed by atoms with Crippen LogP contribution in [-0.2, 0) is 16.1 Å². The third-order valence-corrected chi connectivity index (χ3v) is 5.89. The molecule has 2 rings (SSSR count). The van der Waals surface area contributed by atoms with E-state index >= 15 is 0 Å². The molecule has 0 aliphatic heterocycles. The second-order valence-electron chi connectivity index (χ2n) is 6.83. The highest BCUT2D eigenvalue weighted by Crippen LogP contribution is 2.28. The molecule has 8 heteroatoms. The van der Waals surface area contributed by atoms with Crippen LogP contribution in [0.5, 0.6) is 5.75 Å². The Hall–Kier alpha value is -1.57. The minimum atomic E-state index is -0.629. The van der Waals surface area contributed by atoms with E-state index in [1.165, 1.54) is 4.90 Å². The van der Waals surface area contributed by atoms with E-state index in [9.17, 15) is 9.59 Å². The van der Waals surface area contributed by atoms with Crippen molar-refractivity contribution in [3.8, 4) is 5.75 Å². The number of amides is 2. The van der Waals surface area contributed by atoms with Gasteiger partial charge in [0, 0.05) is 22.6 Å². The molecule has 0 saturated carbocycles. The first-order valence-corrected chi connectivity index (χ1v) is 11.7. The summed E-state index contributed by atoms with van der Waals surface area (Å²) in [4.78, 5) is 27.1. The Morgan fingerprint density at radius 3 is 2.50 bits per heavy atom. The molecule has 0 spiro atoms. The third-order valence-electron chi connectivity index (χ3n) is 4.51. The Morgan fingerprint density at radius 1 is 1.17 bits per heavy atom. The molecule has 0 aromatic heterocycles. The SMILES string of the molecule is CCCCNC(=O)[C@@H](C)N(Cc1ccc(Br)cc1)C(=O)COc1ccc(Cl)cc1Br. The Morgan fingerprint density at radius 2 is 1.87 bits per heavy atom. The van der Waals surface area contributed by atoms with E-state index in [0.717, 1.165) is 22.9 Å². The Kier molecular flexibility index (Phi) is 10.1. The summed E-state index contributed by atoms with van der Waals surface area (Å²) in [6.07, 6.45) is 1.88. The van der Waals surface area contributed by atoms with Gasteiger partial charge in [-0.1, -0.05) is 53.0 Å². The Labute approximate surface area is 199 Å². The lowest BCUT2D eigenvalue weighted by atomic mass is 10.1. The van der Waals surface area contributed by atoms with Gasteiger partial charge in [0.05, 0.1) is 4.47 Å². The first-order chi connectivity index (χ1) is 14.3. The maximum atomic E-state index is 13.0. The van der Waals surface area contributed by atoms with Crippen molar-refractivity contribution >= 4 is 55.3 Å². The van der Waals surface area contributed by atoms with Crippen molar-refractivity contribution in [1.82, 2.24) is 10.2 Å². The molecule has 0 fully saturated rings. The van der Waals surface area contributed by atoms with Crippen molar-refractivity contribution in [2.75, 3.05) is 13.2 Å². The van der Waals surface area contributed by atoms with Gasteiger partial charge < -0.3 is 15.0 Å². The molecule has 30 heavy (non-hydrogen) atoms. The fourth-order valence-electron chi connectivity index (χ4n) is 2.72. The van der Waals surface area contributed by atoms with E-state index < -0.39 is 6.04 Å². The lowest BCUT2D eigenvalue weighted by molar-refractivity contribution is -0.142. The number of nitrogens with zero attached hydrogens (tertiary/aromatic N) is 1. The van der Waals surface area contributed by atoms with Crippen molar-refractivity contribution < 1.29 is 14.3 Å². The predicted molar refractivity (Wildman–Crippen MR) is 127 cm³/mol. The minimum absolute atomic E-state index is 0.179. The van der Waals surface area contributed by atoms with Crippen LogP contribution in [0.3, 0.4) is 0 Å². The van der Waals surface area contributed by atoms with Gasteiger partial charge in [0.25, 0.3) is 5.91 Å². The van der Waals surface area contributed by atoms with Gasteiger partial charge in [0.2, 0.25) is 5.91 Å². The number of rotatable bonds is 10. The van der Waals surface area contributed by atoms with E-state index in [0.29, 0.717) is 28.3 Å². The van der Waals surface area contributed by atoms with Crippen molar-refractivity contribution in [2.24, 2.45) is 0 Å². The van der Waals surface area contributed by atoms with Crippen molar-refractivity contribution in [3.63, 3.8) is 0 Å². The van der Waals surface area contributed by atoms with Crippen LogP contribution < -0.4 is 10.1 Å². The van der Waals surface area contributed by atoms with Crippen molar-refractivity contribution in [1.29, 1.82) is 0 Å². The van der Waals surface area contributed by atoms with E-state index in [4.69, 9.17) is 16.3 Å². The smallest absolute Gasteiger partial charge is 0.261 e. The fourth-order valence-corrected chi connectivity index (χ4v) is 3.78. The topological polar surface area (TPSA) is 58.6 Å². The van der Waals surface area contributed by atoms with Gasteiger partial charge in [-0.25, -0.2) is 0 Å². The molecule has 2 aromatic carbocycles. The first kappa shape index (κ1) is 24.7. The van der Waals surface area contributed by atoms with Gasteiger partial charge in [-0.05, 0) is 65.2 Å². The molecule has 2 aromatic rings. The zero-order valence-electron chi connectivity index (χ0n) is 17.0. The van der Waals surface area contributed by atoms with E-state index in [1.54, 1.807) is 25.1 Å². The number of halogens is 3. The summed E-state index contributed by atoms with van der Waals surface area (Å²) < 4.78 is 7.29. The van der Waals surface area contributed by atoms with Crippen LogP contribution in [0.1, 0.15) is 32.3 Å². The molecule has 0 aliphatic carbocycles. The predicted octanol–water partition coefficient (Wildman–Crippen LogP) is 5.58. The average Bonchev–Trinajstić information content (AvgIpc) is 2.72. The monoisotopic (exact) mass is 558 g/mol. The zero-order chi connectivity index (χ0) is 22.1.